The minimum atomic E-state index is -0.113. The fraction of sp³-hybridized carbons (Fsp3) is 0.550. The lowest BCUT2D eigenvalue weighted by Crippen LogP contribution is -2.52. The van der Waals surface area contributed by atoms with Gasteiger partial charge in [-0.2, -0.15) is 0 Å². The second kappa shape index (κ2) is 6.45. The molecule has 0 radical (unpaired) electrons. The highest BCUT2D eigenvalue weighted by atomic mass is 19.1. The van der Waals surface area contributed by atoms with Crippen molar-refractivity contribution in [3.63, 3.8) is 0 Å². The maximum atomic E-state index is 14.1. The Morgan fingerprint density at radius 3 is 2.56 bits per heavy atom. The van der Waals surface area contributed by atoms with Crippen LogP contribution in [-0.4, -0.2) is 35.2 Å². The van der Waals surface area contributed by atoms with Crippen LogP contribution in [0.3, 0.4) is 0 Å². The predicted molar refractivity (Wildman–Crippen MR) is 96.2 cm³/mol. The topological polar surface area (TPSA) is 32.5 Å². The highest BCUT2D eigenvalue weighted by Crippen LogP contribution is 2.41. The van der Waals surface area contributed by atoms with Crippen molar-refractivity contribution in [3.8, 4) is 0 Å². The number of hydrogen-bond donors (Lipinski definition) is 0. The van der Waals surface area contributed by atoms with Crippen LogP contribution in [0.4, 0.5) is 10.1 Å². The summed E-state index contributed by atoms with van der Waals surface area (Å²) >= 11 is 0. The van der Waals surface area contributed by atoms with Gasteiger partial charge in [0.05, 0.1) is 11.4 Å². The number of aryl methyl sites for hydroxylation is 2. The summed E-state index contributed by atoms with van der Waals surface area (Å²) in [6, 6.07) is 7.12. The average Bonchev–Trinajstić information content (AvgIpc) is 3.15. The van der Waals surface area contributed by atoms with Gasteiger partial charge in [-0.25, -0.2) is 4.39 Å². The molecule has 2 saturated heterocycles. The van der Waals surface area contributed by atoms with Crippen LogP contribution in [0, 0.1) is 19.7 Å². The first-order valence-corrected chi connectivity index (χ1v) is 9.25. The zero-order valence-electron chi connectivity index (χ0n) is 15.1. The van der Waals surface area contributed by atoms with E-state index in [-0.39, 0.29) is 11.4 Å². The number of aromatic nitrogens is 1. The van der Waals surface area contributed by atoms with E-state index in [9.17, 15) is 4.39 Å². The molecule has 0 N–H and O–H groups in total. The Morgan fingerprint density at radius 1 is 1.12 bits per heavy atom. The number of piperidine rings is 1. The molecule has 2 aliphatic heterocycles. The van der Waals surface area contributed by atoms with Gasteiger partial charge in [0.2, 0.25) is 0 Å². The summed E-state index contributed by atoms with van der Waals surface area (Å²) < 4.78 is 19.4. The molecule has 1 aromatic carbocycles. The molecule has 1 aromatic heterocycles. The van der Waals surface area contributed by atoms with E-state index < -0.39 is 0 Å². The van der Waals surface area contributed by atoms with Gasteiger partial charge in [0.15, 0.2) is 0 Å². The van der Waals surface area contributed by atoms with Crippen LogP contribution >= 0.6 is 0 Å². The number of para-hydroxylation sites is 1. The lowest BCUT2D eigenvalue weighted by Gasteiger charge is -2.46. The summed E-state index contributed by atoms with van der Waals surface area (Å²) in [5.41, 5.74) is 3.23. The molecule has 4 nitrogen and oxygen atoms in total. The second-order valence-corrected chi connectivity index (χ2v) is 7.49. The molecule has 3 heterocycles. The molecule has 2 fully saturated rings. The van der Waals surface area contributed by atoms with Gasteiger partial charge in [0.25, 0.3) is 0 Å². The van der Waals surface area contributed by atoms with Crippen molar-refractivity contribution in [2.24, 2.45) is 0 Å². The van der Waals surface area contributed by atoms with Gasteiger partial charge in [-0.15, -0.1) is 0 Å². The third kappa shape index (κ3) is 2.95. The van der Waals surface area contributed by atoms with E-state index in [1.807, 2.05) is 26.0 Å². The van der Waals surface area contributed by atoms with Gasteiger partial charge in [-0.1, -0.05) is 17.3 Å². The van der Waals surface area contributed by atoms with Gasteiger partial charge < -0.3 is 9.42 Å². The first kappa shape index (κ1) is 16.6. The molecule has 134 valence electrons. The first-order valence-electron chi connectivity index (χ1n) is 9.25. The van der Waals surface area contributed by atoms with E-state index >= 15 is 0 Å². The summed E-state index contributed by atoms with van der Waals surface area (Å²) in [4.78, 5) is 4.82. The van der Waals surface area contributed by atoms with Crippen molar-refractivity contribution in [2.75, 3.05) is 24.5 Å². The number of halogens is 1. The van der Waals surface area contributed by atoms with E-state index in [0.29, 0.717) is 0 Å². The van der Waals surface area contributed by atoms with E-state index in [2.05, 4.69) is 15.0 Å². The third-order valence-electron chi connectivity index (χ3n) is 6.16. The fourth-order valence-corrected chi connectivity index (χ4v) is 4.60. The Hall–Kier alpha value is -1.88. The van der Waals surface area contributed by atoms with Crippen LogP contribution in [0.1, 0.15) is 42.7 Å². The molecule has 4 rings (SSSR count). The van der Waals surface area contributed by atoms with Gasteiger partial charge in [-0.3, -0.25) is 4.90 Å². The summed E-state index contributed by atoms with van der Waals surface area (Å²) in [6.45, 7) is 7.90. The highest BCUT2D eigenvalue weighted by Gasteiger charge is 2.43. The Kier molecular flexibility index (Phi) is 4.28. The van der Waals surface area contributed by atoms with Crippen LogP contribution < -0.4 is 4.90 Å². The second-order valence-electron chi connectivity index (χ2n) is 7.49. The smallest absolute Gasteiger partial charge is 0.146 e. The maximum absolute atomic E-state index is 14.1. The molecule has 0 unspecified atom stereocenters. The number of rotatable bonds is 3. The number of nitrogens with zero attached hydrogens (tertiary/aromatic N) is 3. The van der Waals surface area contributed by atoms with Crippen molar-refractivity contribution >= 4 is 5.69 Å². The van der Waals surface area contributed by atoms with Crippen molar-refractivity contribution in [1.29, 1.82) is 0 Å². The van der Waals surface area contributed by atoms with E-state index in [4.69, 9.17) is 4.52 Å². The molecular weight excluding hydrogens is 317 g/mol. The summed E-state index contributed by atoms with van der Waals surface area (Å²) in [5, 5.41) is 4.10. The SMILES string of the molecule is Cc1noc(C)c1CN1CCCC12CCN(c1ccccc1F)CC2. The fourth-order valence-electron chi connectivity index (χ4n) is 4.60. The van der Waals surface area contributed by atoms with Crippen LogP contribution in [0.25, 0.3) is 0 Å². The highest BCUT2D eigenvalue weighted by molar-refractivity contribution is 5.48. The monoisotopic (exact) mass is 343 g/mol. The zero-order chi connectivity index (χ0) is 17.4. The minimum Gasteiger partial charge on any atom is -0.369 e. The molecular formula is C20H26FN3O. The predicted octanol–water partition coefficient (Wildman–Crippen LogP) is 4.07. The van der Waals surface area contributed by atoms with Crippen molar-refractivity contribution in [2.45, 2.75) is 51.6 Å². The van der Waals surface area contributed by atoms with Crippen LogP contribution in [0.15, 0.2) is 28.8 Å². The van der Waals surface area contributed by atoms with Crippen molar-refractivity contribution in [1.82, 2.24) is 10.1 Å². The molecule has 5 heteroatoms. The van der Waals surface area contributed by atoms with E-state index in [1.165, 1.54) is 18.4 Å². The van der Waals surface area contributed by atoms with Crippen LogP contribution in [0.2, 0.25) is 0 Å². The van der Waals surface area contributed by atoms with Crippen LogP contribution in [0.5, 0.6) is 0 Å². The molecule has 2 aromatic rings. The molecule has 1 spiro atoms. The summed E-state index contributed by atoms with van der Waals surface area (Å²) in [6.07, 6.45) is 4.65. The summed E-state index contributed by atoms with van der Waals surface area (Å²) in [7, 11) is 0. The Morgan fingerprint density at radius 2 is 1.88 bits per heavy atom. The molecule has 2 aliphatic rings. The molecule has 0 bridgehead atoms. The van der Waals surface area contributed by atoms with Crippen molar-refractivity contribution < 1.29 is 8.91 Å². The third-order valence-corrected chi connectivity index (χ3v) is 6.16. The number of likely N-dealkylation sites (tertiary alicyclic amines) is 1. The summed E-state index contributed by atoms with van der Waals surface area (Å²) in [5.74, 6) is 0.820. The Bertz CT molecular complexity index is 730. The number of anilines is 1. The van der Waals surface area contributed by atoms with Gasteiger partial charge in [-0.05, 0) is 58.2 Å². The maximum Gasteiger partial charge on any atom is 0.146 e. The van der Waals surface area contributed by atoms with E-state index in [0.717, 1.165) is 56.2 Å². The normalized spacial score (nSPS) is 20.5. The number of hydrogen-bond acceptors (Lipinski definition) is 4. The van der Waals surface area contributed by atoms with Gasteiger partial charge in [0.1, 0.15) is 11.6 Å². The standard InChI is InChI=1S/C20H26FN3O/c1-15-17(16(2)25-22-15)14-24-11-5-8-20(24)9-12-23(13-10-20)19-7-4-3-6-18(19)21/h3-4,6-7H,5,8-14H2,1-2H3. The lowest BCUT2D eigenvalue weighted by atomic mass is 9.84. The minimum absolute atomic E-state index is 0.113. The Labute approximate surface area is 148 Å². The molecule has 0 atom stereocenters. The first-order chi connectivity index (χ1) is 12.1. The molecule has 0 aliphatic carbocycles. The van der Waals surface area contributed by atoms with E-state index in [1.54, 1.807) is 12.1 Å². The number of benzene rings is 1. The van der Waals surface area contributed by atoms with Crippen molar-refractivity contribution in [3.05, 3.63) is 47.1 Å². The quantitative estimate of drug-likeness (QED) is 0.841. The van der Waals surface area contributed by atoms with Gasteiger partial charge in [0, 0.05) is 30.7 Å². The Balaban J connectivity index is 1.48. The molecule has 0 saturated carbocycles. The van der Waals surface area contributed by atoms with Crippen LogP contribution in [-0.2, 0) is 6.54 Å². The molecule has 25 heavy (non-hydrogen) atoms. The lowest BCUT2D eigenvalue weighted by molar-refractivity contribution is 0.0990. The van der Waals surface area contributed by atoms with Gasteiger partial charge >= 0.3 is 0 Å². The largest absolute Gasteiger partial charge is 0.369 e. The zero-order valence-corrected chi connectivity index (χ0v) is 15.1. The molecule has 0 amide bonds. The average molecular weight is 343 g/mol.